The molecule has 0 amide bonds. The first-order valence-corrected chi connectivity index (χ1v) is 3.76. The largest absolute Gasteiger partial charge is 0.507 e. The molecule has 0 saturated heterocycles. The Morgan fingerprint density at radius 1 is 1.58 bits per heavy atom. The first-order chi connectivity index (χ1) is 5.65. The fourth-order valence-corrected chi connectivity index (χ4v) is 1.05. The van der Waals surface area contributed by atoms with Crippen LogP contribution in [0.3, 0.4) is 0 Å². The van der Waals surface area contributed by atoms with Crippen LogP contribution in [0, 0.1) is 0 Å². The summed E-state index contributed by atoms with van der Waals surface area (Å²) >= 11 is 5.63. The van der Waals surface area contributed by atoms with Gasteiger partial charge in [0.1, 0.15) is 5.75 Å². The fraction of sp³-hybridized carbons (Fsp3) is 0.125. The van der Waals surface area contributed by atoms with E-state index < -0.39 is 0 Å². The lowest BCUT2D eigenvalue weighted by Crippen LogP contribution is -1.98. The molecule has 1 rings (SSSR count). The van der Waals surface area contributed by atoms with E-state index in [-0.39, 0.29) is 5.75 Å². The predicted octanol–water partition coefficient (Wildman–Crippen LogP) is 1.73. The number of benzene rings is 1. The SMILES string of the molecule is CC(=NN)c1ccc(Cl)cc1O. The zero-order valence-electron chi connectivity index (χ0n) is 6.58. The fourth-order valence-electron chi connectivity index (χ4n) is 0.880. The van der Waals surface area contributed by atoms with E-state index in [1.807, 2.05) is 0 Å². The average molecular weight is 185 g/mol. The van der Waals surface area contributed by atoms with Crippen molar-refractivity contribution >= 4 is 17.3 Å². The molecule has 3 nitrogen and oxygen atoms in total. The van der Waals surface area contributed by atoms with Crippen LogP contribution in [-0.4, -0.2) is 10.8 Å². The Morgan fingerprint density at radius 3 is 2.75 bits per heavy atom. The number of phenolic OH excluding ortho intramolecular Hbond substituents is 1. The lowest BCUT2D eigenvalue weighted by Gasteiger charge is -2.02. The molecule has 0 aliphatic carbocycles. The second-order valence-corrected chi connectivity index (χ2v) is 2.81. The molecule has 0 saturated carbocycles. The molecule has 0 bridgehead atoms. The lowest BCUT2D eigenvalue weighted by molar-refractivity contribution is 0.474. The molecule has 0 aliphatic heterocycles. The predicted molar refractivity (Wildman–Crippen MR) is 49.5 cm³/mol. The number of nitrogens with two attached hydrogens (primary N) is 1. The summed E-state index contributed by atoms with van der Waals surface area (Å²) in [6.07, 6.45) is 0. The Hall–Kier alpha value is -1.22. The Kier molecular flexibility index (Phi) is 2.55. The van der Waals surface area contributed by atoms with Crippen molar-refractivity contribution in [2.45, 2.75) is 6.92 Å². The van der Waals surface area contributed by atoms with Gasteiger partial charge in [-0.15, -0.1) is 0 Å². The van der Waals surface area contributed by atoms with Gasteiger partial charge in [0.2, 0.25) is 0 Å². The number of hydrogen-bond donors (Lipinski definition) is 2. The zero-order valence-corrected chi connectivity index (χ0v) is 7.34. The number of hydrazone groups is 1. The summed E-state index contributed by atoms with van der Waals surface area (Å²) in [5.74, 6) is 5.15. The molecule has 0 fully saturated rings. The van der Waals surface area contributed by atoms with Crippen molar-refractivity contribution in [1.29, 1.82) is 0 Å². The van der Waals surface area contributed by atoms with Crippen molar-refractivity contribution in [2.24, 2.45) is 10.9 Å². The van der Waals surface area contributed by atoms with Gasteiger partial charge in [-0.25, -0.2) is 0 Å². The third-order valence-electron chi connectivity index (χ3n) is 1.54. The standard InChI is InChI=1S/C8H9ClN2O/c1-5(11-10)7-3-2-6(9)4-8(7)12/h2-4,12H,10H2,1H3. The Morgan fingerprint density at radius 2 is 2.25 bits per heavy atom. The summed E-state index contributed by atoms with van der Waals surface area (Å²) in [5, 5.41) is 13.3. The minimum Gasteiger partial charge on any atom is -0.507 e. The van der Waals surface area contributed by atoms with Gasteiger partial charge in [0, 0.05) is 10.6 Å². The molecule has 0 aliphatic rings. The molecule has 3 N–H and O–H groups in total. The minimum atomic E-state index is 0.0919. The molecule has 0 unspecified atom stereocenters. The molecular weight excluding hydrogens is 176 g/mol. The van der Waals surface area contributed by atoms with E-state index in [2.05, 4.69) is 5.10 Å². The normalized spacial score (nSPS) is 11.7. The number of phenols is 1. The summed E-state index contributed by atoms with van der Waals surface area (Å²) in [4.78, 5) is 0. The molecule has 0 spiro atoms. The highest BCUT2D eigenvalue weighted by Gasteiger charge is 2.03. The van der Waals surface area contributed by atoms with Gasteiger partial charge in [-0.3, -0.25) is 0 Å². The van der Waals surface area contributed by atoms with Crippen molar-refractivity contribution < 1.29 is 5.11 Å². The van der Waals surface area contributed by atoms with E-state index in [0.29, 0.717) is 16.3 Å². The van der Waals surface area contributed by atoms with Gasteiger partial charge in [0.15, 0.2) is 0 Å². The van der Waals surface area contributed by atoms with Gasteiger partial charge in [0.05, 0.1) is 5.71 Å². The summed E-state index contributed by atoms with van der Waals surface area (Å²) in [5.41, 5.74) is 1.17. The smallest absolute Gasteiger partial charge is 0.126 e. The van der Waals surface area contributed by atoms with E-state index in [0.717, 1.165) is 0 Å². The third-order valence-corrected chi connectivity index (χ3v) is 1.78. The minimum absolute atomic E-state index is 0.0919. The summed E-state index contributed by atoms with van der Waals surface area (Å²) < 4.78 is 0. The second kappa shape index (κ2) is 3.45. The van der Waals surface area contributed by atoms with Gasteiger partial charge < -0.3 is 10.9 Å². The van der Waals surface area contributed by atoms with Crippen LogP contribution in [0.5, 0.6) is 5.75 Å². The van der Waals surface area contributed by atoms with Crippen molar-refractivity contribution in [3.05, 3.63) is 28.8 Å². The zero-order chi connectivity index (χ0) is 9.14. The number of halogens is 1. The first kappa shape index (κ1) is 8.87. The van der Waals surface area contributed by atoms with Crippen LogP contribution < -0.4 is 5.84 Å². The molecule has 4 heteroatoms. The maximum Gasteiger partial charge on any atom is 0.126 e. The van der Waals surface area contributed by atoms with Gasteiger partial charge >= 0.3 is 0 Å². The Labute approximate surface area is 75.5 Å². The molecule has 0 heterocycles. The van der Waals surface area contributed by atoms with Crippen LogP contribution in [0.4, 0.5) is 0 Å². The number of hydrogen-bond acceptors (Lipinski definition) is 3. The Bertz CT molecular complexity index is 323. The van der Waals surface area contributed by atoms with Crippen LogP contribution in [0.1, 0.15) is 12.5 Å². The van der Waals surface area contributed by atoms with E-state index in [9.17, 15) is 5.11 Å². The van der Waals surface area contributed by atoms with Crippen LogP contribution in [0.15, 0.2) is 23.3 Å². The molecule has 0 radical (unpaired) electrons. The van der Waals surface area contributed by atoms with Gasteiger partial charge in [0.25, 0.3) is 0 Å². The summed E-state index contributed by atoms with van der Waals surface area (Å²) in [6.45, 7) is 1.71. The number of nitrogens with zero attached hydrogens (tertiary/aromatic N) is 1. The van der Waals surface area contributed by atoms with E-state index in [1.54, 1.807) is 19.1 Å². The van der Waals surface area contributed by atoms with E-state index in [4.69, 9.17) is 17.4 Å². The van der Waals surface area contributed by atoms with Crippen molar-refractivity contribution in [3.63, 3.8) is 0 Å². The molecule has 64 valence electrons. The molecule has 12 heavy (non-hydrogen) atoms. The molecule has 1 aromatic carbocycles. The number of rotatable bonds is 1. The Balaban J connectivity index is 3.18. The van der Waals surface area contributed by atoms with Crippen LogP contribution in [-0.2, 0) is 0 Å². The van der Waals surface area contributed by atoms with Crippen molar-refractivity contribution in [3.8, 4) is 5.75 Å². The molecule has 1 aromatic rings. The highest BCUT2D eigenvalue weighted by atomic mass is 35.5. The van der Waals surface area contributed by atoms with Crippen molar-refractivity contribution in [1.82, 2.24) is 0 Å². The van der Waals surface area contributed by atoms with Gasteiger partial charge in [-0.2, -0.15) is 5.10 Å². The van der Waals surface area contributed by atoms with Gasteiger partial charge in [-0.05, 0) is 25.1 Å². The summed E-state index contributed by atoms with van der Waals surface area (Å²) in [7, 11) is 0. The second-order valence-electron chi connectivity index (χ2n) is 2.38. The highest BCUT2D eigenvalue weighted by Crippen LogP contribution is 2.22. The maximum atomic E-state index is 9.37. The van der Waals surface area contributed by atoms with Gasteiger partial charge in [-0.1, -0.05) is 11.6 Å². The van der Waals surface area contributed by atoms with Crippen molar-refractivity contribution in [2.75, 3.05) is 0 Å². The monoisotopic (exact) mass is 184 g/mol. The molecular formula is C8H9ClN2O. The van der Waals surface area contributed by atoms with Crippen LogP contribution >= 0.6 is 11.6 Å². The quantitative estimate of drug-likeness (QED) is 0.397. The molecule has 0 atom stereocenters. The lowest BCUT2D eigenvalue weighted by atomic mass is 10.1. The average Bonchev–Trinajstić information content (AvgIpc) is 2.03. The van der Waals surface area contributed by atoms with Crippen LogP contribution in [0.25, 0.3) is 0 Å². The number of aromatic hydroxyl groups is 1. The van der Waals surface area contributed by atoms with E-state index in [1.165, 1.54) is 6.07 Å². The first-order valence-electron chi connectivity index (χ1n) is 3.38. The third kappa shape index (κ3) is 1.68. The van der Waals surface area contributed by atoms with Crippen LogP contribution in [0.2, 0.25) is 5.02 Å². The maximum absolute atomic E-state index is 9.37. The summed E-state index contributed by atoms with van der Waals surface area (Å²) in [6, 6.07) is 4.79. The molecule has 0 aromatic heterocycles. The topological polar surface area (TPSA) is 58.6 Å². The van der Waals surface area contributed by atoms with E-state index >= 15 is 0 Å². The highest BCUT2D eigenvalue weighted by molar-refractivity contribution is 6.30.